The largest absolute Gasteiger partial charge is 0.464 e. The minimum absolute atomic E-state index is 0.00207. The molecule has 0 bridgehead atoms. The molecule has 7 nitrogen and oxygen atoms in total. The summed E-state index contributed by atoms with van der Waals surface area (Å²) in [5, 5.41) is 0.322. The monoisotopic (exact) mass is 440 g/mol. The van der Waals surface area contributed by atoms with Gasteiger partial charge in [0.1, 0.15) is 11.2 Å². The number of carbonyl (C=O) groups is 4. The van der Waals surface area contributed by atoms with Gasteiger partial charge < -0.3 is 4.74 Å². The van der Waals surface area contributed by atoms with Crippen LogP contribution >= 0.6 is 27.5 Å². The summed E-state index contributed by atoms with van der Waals surface area (Å²) in [5.74, 6) is -2.48. The van der Waals surface area contributed by atoms with E-state index >= 15 is 0 Å². The molecule has 26 heavy (non-hydrogen) atoms. The Balaban J connectivity index is 1.93. The zero-order chi connectivity index (χ0) is 19.2. The Morgan fingerprint density at radius 3 is 2.15 bits per heavy atom. The molecule has 0 unspecified atom stereocenters. The van der Waals surface area contributed by atoms with Crippen LogP contribution < -0.4 is 0 Å². The average molecular weight is 442 g/mol. The van der Waals surface area contributed by atoms with Crippen LogP contribution in [0.2, 0.25) is 0 Å². The normalized spacial score (nSPS) is 22.8. The Morgan fingerprint density at radius 2 is 1.73 bits per heavy atom. The average Bonchev–Trinajstić information content (AvgIpc) is 2.90. The van der Waals surface area contributed by atoms with Crippen molar-refractivity contribution in [2.45, 2.75) is 18.5 Å². The second kappa shape index (κ2) is 6.85. The maximum atomic E-state index is 12.7. The van der Waals surface area contributed by atoms with Crippen LogP contribution in [0.25, 0.3) is 0 Å². The van der Waals surface area contributed by atoms with Crippen molar-refractivity contribution in [1.29, 1.82) is 0 Å². The van der Waals surface area contributed by atoms with Gasteiger partial charge in [-0.05, 0) is 24.6 Å². The maximum absolute atomic E-state index is 12.7. The molecule has 9 heteroatoms. The van der Waals surface area contributed by atoms with Crippen molar-refractivity contribution in [1.82, 2.24) is 9.80 Å². The number of ether oxygens (including phenoxy) is 1. The predicted molar refractivity (Wildman–Crippen MR) is 95.7 cm³/mol. The van der Waals surface area contributed by atoms with Crippen LogP contribution in [0.1, 0.15) is 27.6 Å². The van der Waals surface area contributed by atoms with E-state index in [-0.39, 0.29) is 16.8 Å². The molecule has 0 aliphatic carbocycles. The molecule has 2 atom stereocenters. The lowest BCUT2D eigenvalue weighted by Crippen LogP contribution is -2.69. The lowest BCUT2D eigenvalue weighted by Gasteiger charge is -2.46. The number of rotatable bonds is 4. The molecule has 1 aromatic carbocycles. The number of alkyl halides is 2. The summed E-state index contributed by atoms with van der Waals surface area (Å²) in [5.41, 5.74) is -0.0623. The minimum atomic E-state index is -1.17. The molecular formula is C17H14BrClN2O5. The molecule has 0 spiro atoms. The highest BCUT2D eigenvalue weighted by atomic mass is 79.9. The van der Waals surface area contributed by atoms with E-state index in [9.17, 15) is 19.2 Å². The SMILES string of the molecule is COC(=O)C(=C(C)CBr)N1C(=O)[C@H](N2C(=O)c3ccccc3C2=O)[C@H]1Cl. The first-order valence-corrected chi connectivity index (χ1v) is 9.19. The number of carbonyl (C=O) groups excluding carboxylic acids is 4. The standard InChI is InChI=1S/C17H14BrClN2O5/c1-8(7-18)11(17(25)26-2)20-13(19)12(16(20)24)21-14(22)9-5-3-4-6-10(9)15(21)23/h3-6,12-13H,7H2,1-2H3/t12-,13+/m1/s1. The fourth-order valence-electron chi connectivity index (χ4n) is 3.01. The number of halogens is 2. The van der Waals surface area contributed by atoms with Gasteiger partial charge in [0.15, 0.2) is 6.04 Å². The molecular weight excluding hydrogens is 428 g/mol. The van der Waals surface area contributed by atoms with Gasteiger partial charge in [-0.15, -0.1) is 0 Å². The highest BCUT2D eigenvalue weighted by molar-refractivity contribution is 9.09. The molecule has 0 aromatic heterocycles. The lowest BCUT2D eigenvalue weighted by molar-refractivity contribution is -0.153. The van der Waals surface area contributed by atoms with E-state index in [0.29, 0.717) is 10.9 Å². The number of likely N-dealkylation sites (tertiary alicyclic amines) is 1. The number of allylic oxidation sites excluding steroid dienone is 1. The van der Waals surface area contributed by atoms with Gasteiger partial charge in [-0.25, -0.2) is 4.79 Å². The van der Waals surface area contributed by atoms with E-state index < -0.39 is 35.2 Å². The zero-order valence-electron chi connectivity index (χ0n) is 13.9. The van der Waals surface area contributed by atoms with Crippen molar-refractivity contribution in [3.63, 3.8) is 0 Å². The second-order valence-corrected chi connectivity index (χ2v) is 6.81. The number of benzene rings is 1. The third kappa shape index (κ3) is 2.55. The Bertz CT molecular complexity index is 833. The predicted octanol–water partition coefficient (Wildman–Crippen LogP) is 1.90. The fourth-order valence-corrected chi connectivity index (χ4v) is 3.69. The molecule has 1 saturated heterocycles. The number of amides is 3. The molecule has 0 saturated carbocycles. The van der Waals surface area contributed by atoms with E-state index in [4.69, 9.17) is 16.3 Å². The first-order chi connectivity index (χ1) is 12.3. The minimum Gasteiger partial charge on any atom is -0.464 e. The number of β-lactam (4-membered cyclic amide) rings is 1. The third-order valence-corrected chi connectivity index (χ3v) is 5.60. The smallest absolute Gasteiger partial charge is 0.354 e. The van der Waals surface area contributed by atoms with Crippen molar-refractivity contribution < 1.29 is 23.9 Å². The van der Waals surface area contributed by atoms with Crippen molar-refractivity contribution in [3.8, 4) is 0 Å². The van der Waals surface area contributed by atoms with Gasteiger partial charge in [-0.2, -0.15) is 0 Å². The maximum Gasteiger partial charge on any atom is 0.354 e. The summed E-state index contributed by atoms with van der Waals surface area (Å²) < 4.78 is 4.72. The first kappa shape index (κ1) is 18.6. The molecule has 2 aliphatic rings. The van der Waals surface area contributed by atoms with E-state index in [0.717, 1.165) is 9.80 Å². The van der Waals surface area contributed by atoms with Crippen LogP contribution in [0.5, 0.6) is 0 Å². The van der Waals surface area contributed by atoms with Crippen molar-refractivity contribution in [2.75, 3.05) is 12.4 Å². The third-order valence-electron chi connectivity index (χ3n) is 4.33. The van der Waals surface area contributed by atoms with Crippen molar-refractivity contribution >= 4 is 51.2 Å². The number of esters is 1. The Hall–Kier alpha value is -2.19. The quantitative estimate of drug-likeness (QED) is 0.178. The van der Waals surface area contributed by atoms with Gasteiger partial charge in [0, 0.05) is 5.33 Å². The van der Waals surface area contributed by atoms with Crippen molar-refractivity contribution in [2.24, 2.45) is 0 Å². The topological polar surface area (TPSA) is 84.0 Å². The highest BCUT2D eigenvalue weighted by Crippen LogP contribution is 2.37. The van der Waals surface area contributed by atoms with Crippen LogP contribution in [0, 0.1) is 0 Å². The molecule has 2 aliphatic heterocycles. The summed E-state index contributed by atoms with van der Waals surface area (Å²) in [7, 11) is 1.19. The Labute approximate surface area is 162 Å². The number of nitrogens with zero attached hydrogens (tertiary/aromatic N) is 2. The van der Waals surface area contributed by atoms with E-state index in [1.54, 1.807) is 19.1 Å². The molecule has 3 rings (SSSR count). The molecule has 1 fully saturated rings. The van der Waals surface area contributed by atoms with E-state index in [2.05, 4.69) is 15.9 Å². The molecule has 3 amide bonds. The first-order valence-electron chi connectivity index (χ1n) is 7.63. The van der Waals surface area contributed by atoms with Crippen LogP contribution in [-0.4, -0.2) is 57.5 Å². The number of methoxy groups -OCH3 is 1. The summed E-state index contributed by atoms with van der Waals surface area (Å²) in [6.07, 6.45) is 0. The highest BCUT2D eigenvalue weighted by Gasteiger charge is 2.57. The van der Waals surface area contributed by atoms with Gasteiger partial charge >= 0.3 is 5.97 Å². The number of hydrogen-bond donors (Lipinski definition) is 0. The molecule has 0 radical (unpaired) electrons. The van der Waals surface area contributed by atoms with Gasteiger partial charge in [0.05, 0.1) is 18.2 Å². The Morgan fingerprint density at radius 1 is 1.19 bits per heavy atom. The number of imide groups is 1. The summed E-state index contributed by atoms with van der Waals surface area (Å²) in [4.78, 5) is 51.8. The van der Waals surface area contributed by atoms with E-state index in [1.165, 1.54) is 19.2 Å². The van der Waals surface area contributed by atoms with Crippen LogP contribution in [0.3, 0.4) is 0 Å². The molecule has 0 N–H and O–H groups in total. The second-order valence-electron chi connectivity index (χ2n) is 5.81. The van der Waals surface area contributed by atoms with Gasteiger partial charge in [0.25, 0.3) is 17.7 Å². The number of hydrogen-bond acceptors (Lipinski definition) is 5. The molecule has 1 aromatic rings. The van der Waals surface area contributed by atoms with Crippen molar-refractivity contribution in [3.05, 3.63) is 46.7 Å². The van der Waals surface area contributed by atoms with Crippen LogP contribution in [0.4, 0.5) is 0 Å². The molecule has 2 heterocycles. The van der Waals surface area contributed by atoms with Gasteiger partial charge in [-0.3, -0.25) is 24.2 Å². The van der Waals surface area contributed by atoms with Gasteiger partial charge in [-0.1, -0.05) is 39.7 Å². The van der Waals surface area contributed by atoms with Crippen LogP contribution in [0.15, 0.2) is 35.5 Å². The summed E-state index contributed by atoms with van der Waals surface area (Å²) in [6.45, 7) is 1.65. The fraction of sp³-hybridized carbons (Fsp3) is 0.294. The lowest BCUT2D eigenvalue weighted by atomic mass is 10.0. The van der Waals surface area contributed by atoms with Crippen LogP contribution in [-0.2, 0) is 14.3 Å². The zero-order valence-corrected chi connectivity index (χ0v) is 16.2. The molecule has 136 valence electrons. The van der Waals surface area contributed by atoms with E-state index in [1.807, 2.05) is 0 Å². The van der Waals surface area contributed by atoms with Gasteiger partial charge in [0.2, 0.25) is 0 Å². The summed E-state index contributed by atoms with van der Waals surface area (Å²) in [6, 6.07) is 5.14. The number of fused-ring (bicyclic) bond motifs is 1. The summed E-state index contributed by atoms with van der Waals surface area (Å²) >= 11 is 9.56. The Kier molecular flexibility index (Phi) is 4.90.